The first-order chi connectivity index (χ1) is 12.6. The van der Waals surface area contributed by atoms with Gasteiger partial charge in [0.05, 0.1) is 5.52 Å². The van der Waals surface area contributed by atoms with E-state index in [0.29, 0.717) is 23.8 Å². The van der Waals surface area contributed by atoms with Crippen LogP contribution in [0, 0.1) is 6.92 Å². The van der Waals surface area contributed by atoms with E-state index in [2.05, 4.69) is 15.4 Å². The molecule has 0 aliphatic carbocycles. The molecule has 3 N–H and O–H groups in total. The Labute approximate surface area is 153 Å². The lowest BCUT2D eigenvalue weighted by molar-refractivity contribution is -0.118. The molecule has 0 spiro atoms. The van der Waals surface area contributed by atoms with E-state index in [-0.39, 0.29) is 0 Å². The van der Waals surface area contributed by atoms with E-state index < -0.39 is 11.9 Å². The topological polar surface area (TPSA) is 98.2 Å². The Kier molecular flexibility index (Phi) is 4.04. The van der Waals surface area contributed by atoms with Crippen molar-refractivity contribution < 1.29 is 4.79 Å². The molecule has 0 saturated carbocycles. The summed E-state index contributed by atoms with van der Waals surface area (Å²) < 4.78 is 1.65. The highest BCUT2D eigenvalue weighted by molar-refractivity contribution is 7.10. The molecule has 0 radical (unpaired) electrons. The van der Waals surface area contributed by atoms with Gasteiger partial charge < -0.3 is 11.1 Å². The molecule has 3 aromatic heterocycles. The number of aryl methyl sites for hydroxylation is 1. The maximum atomic E-state index is 11.7. The number of para-hydroxylation sites is 1. The predicted octanol–water partition coefficient (Wildman–Crippen LogP) is 2.99. The average Bonchev–Trinajstić information content (AvgIpc) is 3.25. The maximum Gasteiger partial charge on any atom is 0.239 e. The molecule has 0 bridgehead atoms. The molecular weight excluding hydrogens is 348 g/mol. The largest absolute Gasteiger partial charge is 0.368 e. The standard InChI is InChI=1S/C18H18N6OS/c1-3-13(15(19)25)20-18-21-14-7-5-4-6-12(14)17-22-16(23-24(17)18)11-8-9-26-10(11)2/h4-9,13H,3H2,1-2H3,(H2,19,25)(H,20,21). The summed E-state index contributed by atoms with van der Waals surface area (Å²) in [6, 6.07) is 9.22. The summed E-state index contributed by atoms with van der Waals surface area (Å²) in [4.78, 5) is 22.2. The highest BCUT2D eigenvalue weighted by Gasteiger charge is 2.19. The second kappa shape index (κ2) is 6.38. The van der Waals surface area contributed by atoms with E-state index in [0.717, 1.165) is 21.3 Å². The van der Waals surface area contributed by atoms with Crippen LogP contribution in [0.5, 0.6) is 0 Å². The van der Waals surface area contributed by atoms with Crippen molar-refractivity contribution in [3.05, 3.63) is 40.6 Å². The van der Waals surface area contributed by atoms with Gasteiger partial charge in [-0.1, -0.05) is 19.1 Å². The summed E-state index contributed by atoms with van der Waals surface area (Å²) in [5.41, 5.74) is 7.95. The van der Waals surface area contributed by atoms with Gasteiger partial charge in [-0.25, -0.2) is 9.97 Å². The van der Waals surface area contributed by atoms with Crippen LogP contribution in [0.1, 0.15) is 18.2 Å². The summed E-state index contributed by atoms with van der Waals surface area (Å²) in [7, 11) is 0. The molecule has 132 valence electrons. The second-order valence-corrected chi connectivity index (χ2v) is 7.14. The van der Waals surface area contributed by atoms with Crippen LogP contribution >= 0.6 is 11.3 Å². The van der Waals surface area contributed by atoms with E-state index in [1.807, 2.05) is 49.6 Å². The monoisotopic (exact) mass is 366 g/mol. The van der Waals surface area contributed by atoms with Crippen LogP contribution in [0.25, 0.3) is 27.9 Å². The van der Waals surface area contributed by atoms with Crippen molar-refractivity contribution in [3.8, 4) is 11.4 Å². The Balaban J connectivity index is 1.96. The van der Waals surface area contributed by atoms with Crippen LogP contribution in [-0.2, 0) is 4.79 Å². The third-order valence-electron chi connectivity index (χ3n) is 4.33. The van der Waals surface area contributed by atoms with Gasteiger partial charge in [0, 0.05) is 15.8 Å². The number of aromatic nitrogens is 4. The lowest BCUT2D eigenvalue weighted by Crippen LogP contribution is -2.35. The number of rotatable bonds is 5. The first-order valence-electron chi connectivity index (χ1n) is 8.34. The third kappa shape index (κ3) is 2.68. The number of hydrogen-bond acceptors (Lipinski definition) is 6. The SMILES string of the molecule is CCC(Nc1nc2ccccc2c2nc(-c3ccsc3C)nn12)C(N)=O. The Hall–Kier alpha value is -3.00. The van der Waals surface area contributed by atoms with Gasteiger partial charge in [0.1, 0.15) is 6.04 Å². The number of anilines is 1. The molecule has 1 atom stereocenters. The third-order valence-corrected chi connectivity index (χ3v) is 5.18. The number of carbonyl (C=O) groups is 1. The summed E-state index contributed by atoms with van der Waals surface area (Å²) in [6.07, 6.45) is 0.552. The Morgan fingerprint density at radius 3 is 2.81 bits per heavy atom. The van der Waals surface area contributed by atoms with Crippen LogP contribution in [-0.4, -0.2) is 31.5 Å². The van der Waals surface area contributed by atoms with Gasteiger partial charge in [-0.3, -0.25) is 4.79 Å². The number of carbonyl (C=O) groups excluding carboxylic acids is 1. The highest BCUT2D eigenvalue weighted by atomic mass is 32.1. The van der Waals surface area contributed by atoms with Gasteiger partial charge in [-0.15, -0.1) is 16.4 Å². The van der Waals surface area contributed by atoms with Crippen molar-refractivity contribution in [2.24, 2.45) is 5.73 Å². The van der Waals surface area contributed by atoms with Crippen LogP contribution in [0.3, 0.4) is 0 Å². The summed E-state index contributed by atoms with van der Waals surface area (Å²) in [5.74, 6) is 0.665. The zero-order valence-electron chi connectivity index (χ0n) is 14.4. The Bertz CT molecular complexity index is 1120. The average molecular weight is 366 g/mol. The van der Waals surface area contributed by atoms with Gasteiger partial charge >= 0.3 is 0 Å². The fourth-order valence-electron chi connectivity index (χ4n) is 2.91. The zero-order valence-corrected chi connectivity index (χ0v) is 15.2. The lowest BCUT2D eigenvalue weighted by Gasteiger charge is -2.15. The van der Waals surface area contributed by atoms with Crippen molar-refractivity contribution >= 4 is 39.7 Å². The van der Waals surface area contributed by atoms with Gasteiger partial charge in [-0.2, -0.15) is 4.52 Å². The Morgan fingerprint density at radius 1 is 1.31 bits per heavy atom. The number of primary amides is 1. The van der Waals surface area contributed by atoms with Crippen molar-refractivity contribution in [2.45, 2.75) is 26.3 Å². The van der Waals surface area contributed by atoms with Crippen molar-refractivity contribution in [3.63, 3.8) is 0 Å². The molecular formula is C18H18N6OS. The molecule has 8 heteroatoms. The predicted molar refractivity (Wildman–Crippen MR) is 103 cm³/mol. The minimum Gasteiger partial charge on any atom is -0.368 e. The fraction of sp³-hybridized carbons (Fsp3) is 0.222. The van der Waals surface area contributed by atoms with E-state index in [9.17, 15) is 4.79 Å². The smallest absolute Gasteiger partial charge is 0.239 e. The minimum atomic E-state index is -0.526. The molecule has 1 amide bonds. The van der Waals surface area contributed by atoms with Gasteiger partial charge in [0.15, 0.2) is 11.5 Å². The van der Waals surface area contributed by atoms with E-state index >= 15 is 0 Å². The number of hydrogen-bond donors (Lipinski definition) is 2. The molecule has 0 fully saturated rings. The van der Waals surface area contributed by atoms with Crippen molar-refractivity contribution in [1.29, 1.82) is 0 Å². The molecule has 0 aliphatic heterocycles. The normalized spacial score (nSPS) is 12.5. The molecule has 26 heavy (non-hydrogen) atoms. The van der Waals surface area contributed by atoms with Crippen molar-refractivity contribution in [2.75, 3.05) is 5.32 Å². The van der Waals surface area contributed by atoms with Gasteiger partial charge in [0.25, 0.3) is 0 Å². The van der Waals surface area contributed by atoms with Crippen LogP contribution in [0.4, 0.5) is 5.95 Å². The molecule has 4 aromatic rings. The first kappa shape index (κ1) is 16.5. The van der Waals surface area contributed by atoms with Crippen LogP contribution in [0.2, 0.25) is 0 Å². The number of nitrogens with two attached hydrogens (primary N) is 1. The molecule has 1 aromatic carbocycles. The minimum absolute atomic E-state index is 0.426. The number of fused-ring (bicyclic) bond motifs is 3. The van der Waals surface area contributed by atoms with Gasteiger partial charge in [0.2, 0.25) is 11.9 Å². The number of benzene rings is 1. The number of nitrogens with zero attached hydrogens (tertiary/aromatic N) is 4. The Morgan fingerprint density at radius 2 is 2.12 bits per heavy atom. The van der Waals surface area contributed by atoms with E-state index in [1.54, 1.807) is 15.9 Å². The quantitative estimate of drug-likeness (QED) is 0.566. The van der Waals surface area contributed by atoms with Crippen molar-refractivity contribution in [1.82, 2.24) is 19.6 Å². The number of amides is 1. The van der Waals surface area contributed by atoms with Crippen LogP contribution in [0.15, 0.2) is 35.7 Å². The van der Waals surface area contributed by atoms with E-state index in [1.165, 1.54) is 0 Å². The number of nitrogens with one attached hydrogen (secondary N) is 1. The van der Waals surface area contributed by atoms with Crippen LogP contribution < -0.4 is 11.1 Å². The number of thiophene rings is 1. The summed E-state index contributed by atoms with van der Waals surface area (Å²) >= 11 is 1.65. The van der Waals surface area contributed by atoms with Gasteiger partial charge in [-0.05, 0) is 36.9 Å². The highest BCUT2D eigenvalue weighted by Crippen LogP contribution is 2.28. The molecule has 7 nitrogen and oxygen atoms in total. The fourth-order valence-corrected chi connectivity index (χ4v) is 3.60. The summed E-state index contributed by atoms with van der Waals surface area (Å²) in [5, 5.41) is 10.7. The molecule has 1 unspecified atom stereocenters. The first-order valence-corrected chi connectivity index (χ1v) is 9.22. The maximum absolute atomic E-state index is 11.7. The molecule has 0 aliphatic rings. The summed E-state index contributed by atoms with van der Waals surface area (Å²) in [6.45, 7) is 3.93. The van der Waals surface area contributed by atoms with E-state index in [4.69, 9.17) is 10.7 Å². The zero-order chi connectivity index (χ0) is 18.3. The second-order valence-electron chi connectivity index (χ2n) is 6.02. The molecule has 0 saturated heterocycles. The molecule has 3 heterocycles. The molecule has 4 rings (SSSR count). The lowest BCUT2D eigenvalue weighted by atomic mass is 10.2.